The second-order valence-electron chi connectivity index (χ2n) is 12.7. The number of carbonyl (C=O) groups excluding carboxylic acids is 2. The van der Waals surface area contributed by atoms with E-state index < -0.39 is 22.7 Å². The van der Waals surface area contributed by atoms with Gasteiger partial charge in [-0.25, -0.2) is 4.79 Å². The number of hydrogen-bond acceptors (Lipinski definition) is 6. The van der Waals surface area contributed by atoms with Crippen molar-refractivity contribution in [3.8, 4) is 0 Å². The minimum absolute atomic E-state index is 0.0224. The van der Waals surface area contributed by atoms with E-state index in [1.165, 1.54) is 6.08 Å². The Labute approximate surface area is 201 Å². The van der Waals surface area contributed by atoms with E-state index in [9.17, 15) is 19.8 Å². The fourth-order valence-corrected chi connectivity index (χ4v) is 9.48. The van der Waals surface area contributed by atoms with E-state index in [1.807, 2.05) is 20.8 Å². The Morgan fingerprint density at radius 2 is 1.85 bits per heavy atom. The van der Waals surface area contributed by atoms with Gasteiger partial charge >= 0.3 is 5.97 Å². The molecule has 3 saturated carbocycles. The number of ether oxygens (including phenoxy) is 2. The number of epoxide rings is 1. The molecule has 4 aliphatic carbocycles. The SMILES string of the molecule is CC1=C(C)C(=O)O[C@@H]([C@H](C)[C@H]2CC[C@@]3(O)[C@@H]4C[C@H]5O[C@]56[C@@H](O)C=CC(=O)[C@]6(C)[C@H]4CC[C@]23C)C1. The van der Waals surface area contributed by atoms with Crippen LogP contribution in [0.5, 0.6) is 0 Å². The molecule has 2 N–H and O–H groups in total. The molecular formula is C28H38O6. The Kier molecular flexibility index (Phi) is 4.61. The van der Waals surface area contributed by atoms with E-state index >= 15 is 0 Å². The normalized spacial score (nSPS) is 54.6. The van der Waals surface area contributed by atoms with Gasteiger partial charge in [-0.1, -0.05) is 19.4 Å². The number of cyclic esters (lactones) is 1. The molecule has 0 aromatic carbocycles. The number of rotatable bonds is 2. The van der Waals surface area contributed by atoms with Crippen molar-refractivity contribution in [2.75, 3.05) is 0 Å². The summed E-state index contributed by atoms with van der Waals surface area (Å²) in [5.74, 6) is 0.110. The first-order valence-corrected chi connectivity index (χ1v) is 13.1. The van der Waals surface area contributed by atoms with Crippen molar-refractivity contribution in [1.82, 2.24) is 0 Å². The molecule has 0 aromatic rings. The maximum absolute atomic E-state index is 13.3. The summed E-state index contributed by atoms with van der Waals surface area (Å²) < 4.78 is 12.0. The first kappa shape index (κ1) is 22.9. The van der Waals surface area contributed by atoms with Crippen LogP contribution < -0.4 is 0 Å². The minimum Gasteiger partial charge on any atom is -0.458 e. The van der Waals surface area contributed by atoms with Crippen LogP contribution in [0.3, 0.4) is 0 Å². The smallest absolute Gasteiger partial charge is 0.333 e. The van der Waals surface area contributed by atoms with Gasteiger partial charge in [-0.15, -0.1) is 0 Å². The molecule has 1 spiro atoms. The van der Waals surface area contributed by atoms with Crippen LogP contribution >= 0.6 is 0 Å². The van der Waals surface area contributed by atoms with Crippen molar-refractivity contribution in [2.24, 2.45) is 34.5 Å². The van der Waals surface area contributed by atoms with Crippen molar-refractivity contribution in [1.29, 1.82) is 0 Å². The number of carbonyl (C=O) groups is 2. The van der Waals surface area contributed by atoms with Crippen molar-refractivity contribution in [3.63, 3.8) is 0 Å². The van der Waals surface area contributed by atoms with Crippen LogP contribution in [0.4, 0.5) is 0 Å². The molecule has 6 nitrogen and oxygen atoms in total. The van der Waals surface area contributed by atoms with E-state index in [0.29, 0.717) is 12.8 Å². The summed E-state index contributed by atoms with van der Waals surface area (Å²) >= 11 is 0. The number of aliphatic hydroxyl groups excluding tert-OH is 1. The number of allylic oxidation sites excluding steroid dienone is 1. The molecule has 2 aliphatic heterocycles. The van der Waals surface area contributed by atoms with Crippen LogP contribution in [0.15, 0.2) is 23.3 Å². The second kappa shape index (κ2) is 6.83. The van der Waals surface area contributed by atoms with Crippen LogP contribution in [0.1, 0.15) is 73.1 Å². The van der Waals surface area contributed by atoms with Crippen molar-refractivity contribution >= 4 is 11.8 Å². The maximum atomic E-state index is 13.3. The van der Waals surface area contributed by atoms with Crippen molar-refractivity contribution < 1.29 is 29.3 Å². The molecule has 6 heteroatoms. The number of ketones is 1. The van der Waals surface area contributed by atoms with E-state index in [0.717, 1.165) is 36.8 Å². The second-order valence-corrected chi connectivity index (χ2v) is 12.7. The molecule has 34 heavy (non-hydrogen) atoms. The van der Waals surface area contributed by atoms with Gasteiger partial charge in [0.05, 0.1) is 17.1 Å². The molecule has 11 atom stereocenters. The Hall–Kier alpha value is -1.50. The van der Waals surface area contributed by atoms with Crippen LogP contribution in [-0.2, 0) is 19.1 Å². The lowest BCUT2D eigenvalue weighted by Crippen LogP contribution is -2.68. The van der Waals surface area contributed by atoms with Gasteiger partial charge in [0.15, 0.2) is 5.78 Å². The quantitative estimate of drug-likeness (QED) is 0.474. The monoisotopic (exact) mass is 470 g/mol. The van der Waals surface area contributed by atoms with Crippen LogP contribution in [-0.4, -0.2) is 51.5 Å². The van der Waals surface area contributed by atoms with Gasteiger partial charge in [0.1, 0.15) is 17.8 Å². The third kappa shape index (κ3) is 2.43. The highest BCUT2D eigenvalue weighted by atomic mass is 16.6. The predicted molar refractivity (Wildman–Crippen MR) is 125 cm³/mol. The van der Waals surface area contributed by atoms with Gasteiger partial charge < -0.3 is 19.7 Å². The van der Waals surface area contributed by atoms with E-state index in [1.54, 1.807) is 6.08 Å². The van der Waals surface area contributed by atoms with Gasteiger partial charge in [0, 0.05) is 12.0 Å². The van der Waals surface area contributed by atoms with Gasteiger partial charge in [-0.3, -0.25) is 4.79 Å². The topological polar surface area (TPSA) is 96.4 Å². The number of aliphatic hydroxyl groups is 2. The van der Waals surface area contributed by atoms with E-state index in [2.05, 4.69) is 13.8 Å². The lowest BCUT2D eigenvalue weighted by molar-refractivity contribution is -0.204. The van der Waals surface area contributed by atoms with Crippen LogP contribution in [0, 0.1) is 34.5 Å². The zero-order chi connectivity index (χ0) is 24.4. The molecular weight excluding hydrogens is 432 g/mol. The molecule has 0 bridgehead atoms. The summed E-state index contributed by atoms with van der Waals surface area (Å²) in [7, 11) is 0. The molecule has 6 aliphatic rings. The van der Waals surface area contributed by atoms with Crippen LogP contribution in [0.2, 0.25) is 0 Å². The molecule has 186 valence electrons. The first-order valence-electron chi connectivity index (χ1n) is 13.1. The Bertz CT molecular complexity index is 1030. The summed E-state index contributed by atoms with van der Waals surface area (Å²) in [6.07, 6.45) is 6.65. The molecule has 2 heterocycles. The predicted octanol–water partition coefficient (Wildman–Crippen LogP) is 3.50. The molecule has 4 fully saturated rings. The van der Waals surface area contributed by atoms with E-state index in [-0.39, 0.29) is 53.0 Å². The highest BCUT2D eigenvalue weighted by Gasteiger charge is 2.82. The highest BCUT2D eigenvalue weighted by Crippen LogP contribution is 2.74. The third-order valence-electron chi connectivity index (χ3n) is 11.8. The van der Waals surface area contributed by atoms with Crippen molar-refractivity contribution in [3.05, 3.63) is 23.3 Å². The fraction of sp³-hybridized carbons (Fsp3) is 0.786. The van der Waals surface area contributed by atoms with Crippen molar-refractivity contribution in [2.45, 2.75) is 103 Å². The zero-order valence-electron chi connectivity index (χ0n) is 21.0. The average molecular weight is 471 g/mol. The molecule has 0 aromatic heterocycles. The molecule has 0 unspecified atom stereocenters. The summed E-state index contributed by atoms with van der Waals surface area (Å²) in [6.45, 7) is 10.2. The van der Waals surface area contributed by atoms with Crippen LogP contribution in [0.25, 0.3) is 0 Å². The molecule has 6 rings (SSSR count). The van der Waals surface area contributed by atoms with Gasteiger partial charge in [0.2, 0.25) is 0 Å². The number of fused-ring (bicyclic) bond motifs is 4. The third-order valence-corrected chi connectivity index (χ3v) is 11.8. The first-order chi connectivity index (χ1) is 15.9. The lowest BCUT2D eigenvalue weighted by Gasteiger charge is -2.61. The summed E-state index contributed by atoms with van der Waals surface area (Å²) in [6, 6.07) is 0. The van der Waals surface area contributed by atoms with Gasteiger partial charge in [0.25, 0.3) is 0 Å². The summed E-state index contributed by atoms with van der Waals surface area (Å²) in [5, 5.41) is 23.3. The number of hydrogen-bond donors (Lipinski definition) is 2. The zero-order valence-corrected chi connectivity index (χ0v) is 21.0. The van der Waals surface area contributed by atoms with Gasteiger partial charge in [-0.2, -0.15) is 0 Å². The van der Waals surface area contributed by atoms with Gasteiger partial charge in [-0.05, 0) is 94.1 Å². The number of esters is 1. The Morgan fingerprint density at radius 3 is 2.56 bits per heavy atom. The maximum Gasteiger partial charge on any atom is 0.333 e. The Balaban J connectivity index is 1.32. The molecule has 0 radical (unpaired) electrons. The standard InChI is InChI=1S/C28H38O6/c1-14-12-20(33-24(31)15(14)2)16(3)17-9-11-27(32)19-13-23-28(34-23)22(30)7-6-21(29)26(28,5)18(19)8-10-25(17,27)4/h6-7,16-20,22-23,30,32H,8-13H2,1-5H3/t16-,17-,18+,19-,20-,22+,23-,25-,26+,27-,28-/m1/s1. The lowest BCUT2D eigenvalue weighted by atomic mass is 9.43. The van der Waals surface area contributed by atoms with E-state index in [4.69, 9.17) is 9.47 Å². The minimum atomic E-state index is -0.901. The fourth-order valence-electron chi connectivity index (χ4n) is 9.48. The summed E-state index contributed by atoms with van der Waals surface area (Å²) in [4.78, 5) is 25.7. The average Bonchev–Trinajstić information content (AvgIpc) is 3.46. The highest BCUT2D eigenvalue weighted by molar-refractivity contribution is 5.98. The largest absolute Gasteiger partial charge is 0.458 e. The Morgan fingerprint density at radius 1 is 1.12 bits per heavy atom. The molecule has 0 amide bonds. The summed E-state index contributed by atoms with van der Waals surface area (Å²) in [5.41, 5.74) is -1.04. The molecule has 1 saturated heterocycles.